The second-order valence-corrected chi connectivity index (χ2v) is 7.35. The summed E-state index contributed by atoms with van der Waals surface area (Å²) in [7, 11) is 0. The van der Waals surface area contributed by atoms with Crippen LogP contribution >= 0.6 is 0 Å². The third kappa shape index (κ3) is 5.34. The highest BCUT2D eigenvalue weighted by molar-refractivity contribution is 5.85. The lowest BCUT2D eigenvalue weighted by Gasteiger charge is -2.29. The van der Waals surface area contributed by atoms with Crippen molar-refractivity contribution < 1.29 is 18.7 Å². The van der Waals surface area contributed by atoms with Gasteiger partial charge in [-0.25, -0.2) is 0 Å². The average Bonchev–Trinajstić information content (AvgIpc) is 3.10. The maximum atomic E-state index is 13.0. The first-order chi connectivity index (χ1) is 12.7. The van der Waals surface area contributed by atoms with Gasteiger partial charge < -0.3 is 19.0 Å². The molecule has 6 heteroatoms. The Kier molecular flexibility index (Phi) is 6.72. The summed E-state index contributed by atoms with van der Waals surface area (Å²) in [5.74, 6) is 0.845. The van der Waals surface area contributed by atoms with Crippen LogP contribution in [0.15, 0.2) is 22.8 Å². The van der Waals surface area contributed by atoms with Crippen LogP contribution in [-0.4, -0.2) is 53.5 Å². The van der Waals surface area contributed by atoms with Crippen molar-refractivity contribution in [2.75, 3.05) is 19.7 Å². The third-order valence-corrected chi connectivity index (χ3v) is 5.09. The Bertz CT molecular complexity index is 577. The zero-order chi connectivity index (χ0) is 18.4. The summed E-state index contributed by atoms with van der Waals surface area (Å²) in [6.07, 6.45) is 8.13. The molecule has 1 aliphatic carbocycles. The number of amides is 2. The van der Waals surface area contributed by atoms with Crippen molar-refractivity contribution in [3.63, 3.8) is 0 Å². The summed E-state index contributed by atoms with van der Waals surface area (Å²) in [6.45, 7) is 3.99. The highest BCUT2D eigenvalue weighted by Gasteiger charge is 2.35. The lowest BCUT2D eigenvalue weighted by Crippen LogP contribution is -2.45. The topological polar surface area (TPSA) is 63.0 Å². The van der Waals surface area contributed by atoms with E-state index < -0.39 is 0 Å². The van der Waals surface area contributed by atoms with Crippen LogP contribution in [-0.2, 0) is 20.9 Å². The molecular formula is C20H30N2O4. The number of carbonyl (C=O) groups is 2. The highest BCUT2D eigenvalue weighted by atomic mass is 16.5. The first kappa shape index (κ1) is 19.0. The van der Waals surface area contributed by atoms with Gasteiger partial charge in [0, 0.05) is 25.6 Å². The first-order valence-corrected chi connectivity index (χ1v) is 9.88. The molecule has 0 bridgehead atoms. The maximum Gasteiger partial charge on any atom is 0.242 e. The van der Waals surface area contributed by atoms with Gasteiger partial charge in [-0.3, -0.25) is 9.59 Å². The Balaban J connectivity index is 1.63. The molecule has 1 atom stereocenters. The smallest absolute Gasteiger partial charge is 0.242 e. The van der Waals surface area contributed by atoms with Gasteiger partial charge >= 0.3 is 0 Å². The Morgan fingerprint density at radius 3 is 2.69 bits per heavy atom. The molecule has 3 rings (SSSR count). The standard InChI is InChI=1S/C20H30N2O4/c1-2-3-8-19(23)22(16-9-10-16)15-20(24)21(13-17-6-4-11-25-17)14-18-7-5-12-26-18/h4,6,11,16,18H,2-3,5,7-10,12-15H2,1H3/t18-/m1/s1. The quantitative estimate of drug-likeness (QED) is 0.642. The molecule has 26 heavy (non-hydrogen) atoms. The van der Waals surface area contributed by atoms with Crippen LogP contribution in [0.5, 0.6) is 0 Å². The number of ether oxygens (including phenoxy) is 1. The molecule has 2 aliphatic rings. The van der Waals surface area contributed by atoms with Crippen LogP contribution in [0.3, 0.4) is 0 Å². The number of hydrogen-bond donors (Lipinski definition) is 0. The summed E-state index contributed by atoms with van der Waals surface area (Å²) >= 11 is 0. The fourth-order valence-corrected chi connectivity index (χ4v) is 3.40. The highest BCUT2D eigenvalue weighted by Crippen LogP contribution is 2.28. The molecule has 2 amide bonds. The molecule has 0 N–H and O–H groups in total. The van der Waals surface area contributed by atoms with E-state index in [1.807, 2.05) is 12.1 Å². The minimum absolute atomic E-state index is 0.0198. The van der Waals surface area contributed by atoms with Gasteiger partial charge in [0.1, 0.15) is 12.3 Å². The van der Waals surface area contributed by atoms with Crippen LogP contribution in [0, 0.1) is 0 Å². The van der Waals surface area contributed by atoms with Crippen LogP contribution in [0.4, 0.5) is 0 Å². The molecule has 0 aromatic carbocycles. The van der Waals surface area contributed by atoms with E-state index in [0.29, 0.717) is 19.5 Å². The third-order valence-electron chi connectivity index (χ3n) is 5.09. The minimum Gasteiger partial charge on any atom is -0.467 e. The molecule has 2 heterocycles. The first-order valence-electron chi connectivity index (χ1n) is 9.88. The van der Waals surface area contributed by atoms with Gasteiger partial charge in [0.15, 0.2) is 0 Å². The van der Waals surface area contributed by atoms with E-state index >= 15 is 0 Å². The molecule has 1 aliphatic heterocycles. The van der Waals surface area contributed by atoms with Crippen LogP contribution in [0.1, 0.15) is 57.6 Å². The van der Waals surface area contributed by atoms with E-state index in [-0.39, 0.29) is 30.5 Å². The lowest BCUT2D eigenvalue weighted by molar-refractivity contribution is -0.142. The second-order valence-electron chi connectivity index (χ2n) is 7.35. The Labute approximate surface area is 155 Å². The molecule has 6 nitrogen and oxygen atoms in total. The van der Waals surface area contributed by atoms with Gasteiger partial charge in [-0.1, -0.05) is 13.3 Å². The van der Waals surface area contributed by atoms with E-state index in [1.165, 1.54) is 0 Å². The van der Waals surface area contributed by atoms with E-state index in [0.717, 1.165) is 50.9 Å². The summed E-state index contributed by atoms with van der Waals surface area (Å²) in [4.78, 5) is 29.1. The van der Waals surface area contributed by atoms with Crippen LogP contribution in [0.25, 0.3) is 0 Å². The molecule has 0 spiro atoms. The van der Waals surface area contributed by atoms with E-state index in [9.17, 15) is 9.59 Å². The van der Waals surface area contributed by atoms with Crippen molar-refractivity contribution in [2.24, 2.45) is 0 Å². The monoisotopic (exact) mass is 362 g/mol. The number of unbranched alkanes of at least 4 members (excludes halogenated alkanes) is 1. The SMILES string of the molecule is CCCCC(=O)N(CC(=O)N(Cc1ccco1)C[C@H]1CCCO1)C1CC1. The Morgan fingerprint density at radius 1 is 1.23 bits per heavy atom. The summed E-state index contributed by atoms with van der Waals surface area (Å²) in [6, 6.07) is 3.95. The van der Waals surface area contributed by atoms with E-state index in [2.05, 4.69) is 6.92 Å². The molecule has 1 saturated carbocycles. The van der Waals surface area contributed by atoms with E-state index in [1.54, 1.807) is 16.1 Å². The maximum absolute atomic E-state index is 13.0. The number of hydrogen-bond acceptors (Lipinski definition) is 4. The normalized spacial score (nSPS) is 19.5. The average molecular weight is 362 g/mol. The zero-order valence-corrected chi connectivity index (χ0v) is 15.7. The van der Waals surface area contributed by atoms with Crippen molar-refractivity contribution in [3.05, 3.63) is 24.2 Å². The fraction of sp³-hybridized carbons (Fsp3) is 0.700. The second kappa shape index (κ2) is 9.21. The molecule has 1 saturated heterocycles. The fourth-order valence-electron chi connectivity index (χ4n) is 3.40. The summed E-state index contributed by atoms with van der Waals surface area (Å²) < 4.78 is 11.1. The number of nitrogens with zero attached hydrogens (tertiary/aromatic N) is 2. The van der Waals surface area contributed by atoms with Crippen molar-refractivity contribution in [1.29, 1.82) is 0 Å². The number of carbonyl (C=O) groups excluding carboxylic acids is 2. The van der Waals surface area contributed by atoms with Crippen molar-refractivity contribution in [1.82, 2.24) is 9.80 Å². The predicted molar refractivity (Wildman–Crippen MR) is 97.4 cm³/mol. The zero-order valence-electron chi connectivity index (χ0n) is 15.7. The van der Waals surface area contributed by atoms with E-state index in [4.69, 9.17) is 9.15 Å². The van der Waals surface area contributed by atoms with Crippen LogP contribution in [0.2, 0.25) is 0 Å². The number of furan rings is 1. The van der Waals surface area contributed by atoms with Gasteiger partial charge in [-0.2, -0.15) is 0 Å². The van der Waals surface area contributed by atoms with Crippen LogP contribution < -0.4 is 0 Å². The summed E-state index contributed by atoms with van der Waals surface area (Å²) in [5, 5.41) is 0. The molecule has 1 aromatic rings. The molecular weight excluding hydrogens is 332 g/mol. The molecule has 144 valence electrons. The predicted octanol–water partition coefficient (Wildman–Crippen LogP) is 2.97. The van der Waals surface area contributed by atoms with Crippen molar-refractivity contribution >= 4 is 11.8 Å². The van der Waals surface area contributed by atoms with Gasteiger partial charge in [-0.15, -0.1) is 0 Å². The van der Waals surface area contributed by atoms with Gasteiger partial charge in [0.05, 0.1) is 18.9 Å². The lowest BCUT2D eigenvalue weighted by atomic mass is 10.2. The minimum atomic E-state index is -0.0198. The molecule has 2 fully saturated rings. The van der Waals surface area contributed by atoms with Gasteiger partial charge in [0.25, 0.3) is 0 Å². The largest absolute Gasteiger partial charge is 0.467 e. The van der Waals surface area contributed by atoms with Gasteiger partial charge in [-0.05, 0) is 44.2 Å². The van der Waals surface area contributed by atoms with Crippen molar-refractivity contribution in [3.8, 4) is 0 Å². The van der Waals surface area contributed by atoms with Gasteiger partial charge in [0.2, 0.25) is 11.8 Å². The number of rotatable bonds is 10. The molecule has 0 unspecified atom stereocenters. The van der Waals surface area contributed by atoms with Crippen molar-refractivity contribution in [2.45, 2.75) is 70.6 Å². The Morgan fingerprint density at radius 2 is 2.08 bits per heavy atom. The molecule has 0 radical (unpaired) electrons. The summed E-state index contributed by atoms with van der Waals surface area (Å²) in [5.41, 5.74) is 0. The molecule has 1 aromatic heterocycles. The Hall–Kier alpha value is -1.82.